The average Bonchev–Trinajstić information content (AvgIpc) is 2.67. The van der Waals surface area contributed by atoms with E-state index in [0.717, 1.165) is 0 Å². The molecule has 162 valence electrons. The molecule has 0 atom stereocenters. The van der Waals surface area contributed by atoms with Gasteiger partial charge in [-0.3, -0.25) is 9.97 Å². The second-order valence-electron chi connectivity index (χ2n) is 6.30. The van der Waals surface area contributed by atoms with E-state index >= 15 is 0 Å². The number of unbranched alkanes of at least 4 members (excludes halogenated alkanes) is 1. The first-order valence-electron chi connectivity index (χ1n) is 9.20. The summed E-state index contributed by atoms with van der Waals surface area (Å²) in [7, 11) is -7.51. The molecule has 2 rings (SSSR count). The molecule has 0 bridgehead atoms. The lowest BCUT2D eigenvalue weighted by Crippen LogP contribution is -2.14. The quantitative estimate of drug-likeness (QED) is 0.259. The standard InChI is InChI=1S/C20H24N2O6S2/c1-3-15-29(23,24)27-19-11-7-13-21-17(19)9-5-6-10-18-20(12-8-14-22-18)28-30(25,26)16-4-2/h3-4,7-8,11-14H,1-2,5-6,9-10,15-16H2. The lowest BCUT2D eigenvalue weighted by Gasteiger charge is -2.11. The van der Waals surface area contributed by atoms with Gasteiger partial charge in [0.2, 0.25) is 0 Å². The number of hydrogen-bond donors (Lipinski definition) is 0. The third-order valence-corrected chi connectivity index (χ3v) is 6.01. The van der Waals surface area contributed by atoms with Gasteiger partial charge in [-0.15, -0.1) is 13.2 Å². The van der Waals surface area contributed by atoms with E-state index < -0.39 is 20.2 Å². The SMILES string of the molecule is C=CCS(=O)(=O)Oc1cccnc1CCCCc1ncccc1OS(=O)(=O)CC=C. The first-order valence-corrected chi connectivity index (χ1v) is 12.4. The van der Waals surface area contributed by atoms with Crippen LogP contribution in [0.4, 0.5) is 0 Å². The van der Waals surface area contributed by atoms with Crippen molar-refractivity contribution >= 4 is 20.2 Å². The van der Waals surface area contributed by atoms with E-state index in [0.29, 0.717) is 37.1 Å². The van der Waals surface area contributed by atoms with E-state index in [2.05, 4.69) is 23.1 Å². The fourth-order valence-electron chi connectivity index (χ4n) is 2.59. The Labute approximate surface area is 177 Å². The van der Waals surface area contributed by atoms with Crippen LogP contribution in [-0.2, 0) is 33.1 Å². The molecule has 0 saturated carbocycles. The maximum atomic E-state index is 11.9. The number of pyridine rings is 2. The van der Waals surface area contributed by atoms with Crippen molar-refractivity contribution < 1.29 is 25.2 Å². The highest BCUT2D eigenvalue weighted by atomic mass is 32.2. The summed E-state index contributed by atoms with van der Waals surface area (Å²) in [6.45, 7) is 6.81. The lowest BCUT2D eigenvalue weighted by molar-refractivity contribution is 0.479. The van der Waals surface area contributed by atoms with Gasteiger partial charge >= 0.3 is 20.2 Å². The summed E-state index contributed by atoms with van der Waals surface area (Å²) in [4.78, 5) is 8.42. The van der Waals surface area contributed by atoms with E-state index in [1.165, 1.54) is 12.2 Å². The maximum absolute atomic E-state index is 11.9. The summed E-state index contributed by atoms with van der Waals surface area (Å²) in [5, 5.41) is 0. The first kappa shape index (κ1) is 23.6. The highest BCUT2D eigenvalue weighted by Crippen LogP contribution is 2.22. The Morgan fingerprint density at radius 2 is 1.17 bits per heavy atom. The molecule has 0 aliphatic rings. The van der Waals surface area contributed by atoms with E-state index in [1.807, 2.05) is 0 Å². The molecule has 0 aromatic carbocycles. The molecular formula is C20H24N2O6S2. The van der Waals surface area contributed by atoms with Gasteiger partial charge in [0.05, 0.1) is 11.4 Å². The van der Waals surface area contributed by atoms with Crippen molar-refractivity contribution in [1.29, 1.82) is 0 Å². The lowest BCUT2D eigenvalue weighted by atomic mass is 10.1. The van der Waals surface area contributed by atoms with E-state index in [4.69, 9.17) is 8.37 Å². The van der Waals surface area contributed by atoms with E-state index in [9.17, 15) is 16.8 Å². The van der Waals surface area contributed by atoms with Crippen LogP contribution < -0.4 is 8.37 Å². The van der Waals surface area contributed by atoms with Crippen molar-refractivity contribution in [3.05, 3.63) is 73.4 Å². The van der Waals surface area contributed by atoms with Gasteiger partial charge in [-0.1, -0.05) is 12.2 Å². The molecule has 30 heavy (non-hydrogen) atoms. The summed E-state index contributed by atoms with van der Waals surface area (Å²) < 4.78 is 57.7. The van der Waals surface area contributed by atoms with Gasteiger partial charge < -0.3 is 8.37 Å². The van der Waals surface area contributed by atoms with Gasteiger partial charge in [-0.25, -0.2) is 0 Å². The number of aromatic nitrogens is 2. The van der Waals surface area contributed by atoms with E-state index in [1.54, 1.807) is 36.7 Å². The van der Waals surface area contributed by atoms with Crippen molar-refractivity contribution in [2.75, 3.05) is 11.5 Å². The van der Waals surface area contributed by atoms with Gasteiger partial charge in [0.15, 0.2) is 11.5 Å². The Bertz CT molecular complexity index is 994. The van der Waals surface area contributed by atoms with Gasteiger partial charge in [-0.2, -0.15) is 16.8 Å². The molecule has 0 N–H and O–H groups in total. The number of nitrogens with zero attached hydrogens (tertiary/aromatic N) is 2. The highest BCUT2D eigenvalue weighted by Gasteiger charge is 2.16. The van der Waals surface area contributed by atoms with Crippen molar-refractivity contribution in [1.82, 2.24) is 9.97 Å². The zero-order valence-electron chi connectivity index (χ0n) is 16.4. The van der Waals surface area contributed by atoms with Crippen LogP contribution in [0.1, 0.15) is 24.2 Å². The van der Waals surface area contributed by atoms with Crippen molar-refractivity contribution in [2.24, 2.45) is 0 Å². The van der Waals surface area contributed by atoms with Crippen molar-refractivity contribution in [3.63, 3.8) is 0 Å². The Balaban J connectivity index is 1.98. The van der Waals surface area contributed by atoms with Crippen LogP contribution in [0.15, 0.2) is 62.0 Å². The number of aryl methyl sites for hydroxylation is 2. The fourth-order valence-corrected chi connectivity index (χ4v) is 4.15. The summed E-state index contributed by atoms with van der Waals surface area (Å²) in [6.07, 6.45) is 7.93. The molecule has 0 aliphatic heterocycles. The Kier molecular flexibility index (Phi) is 8.55. The molecule has 0 amide bonds. The van der Waals surface area contributed by atoms with Gasteiger partial charge in [0.25, 0.3) is 0 Å². The third-order valence-electron chi connectivity index (χ3n) is 3.85. The minimum atomic E-state index is -3.76. The maximum Gasteiger partial charge on any atom is 0.312 e. The van der Waals surface area contributed by atoms with Crippen LogP contribution in [0.2, 0.25) is 0 Å². The monoisotopic (exact) mass is 452 g/mol. The van der Waals surface area contributed by atoms with Gasteiger partial charge in [0.1, 0.15) is 11.5 Å². The van der Waals surface area contributed by atoms with Gasteiger partial charge in [0, 0.05) is 12.4 Å². The Morgan fingerprint density at radius 3 is 1.53 bits per heavy atom. The summed E-state index contributed by atoms with van der Waals surface area (Å²) in [6, 6.07) is 6.31. The predicted octanol–water partition coefficient (Wildman–Crippen LogP) is 2.83. The van der Waals surface area contributed by atoms with Crippen LogP contribution >= 0.6 is 0 Å². The van der Waals surface area contributed by atoms with Crippen molar-refractivity contribution in [3.8, 4) is 11.5 Å². The van der Waals surface area contributed by atoms with Crippen LogP contribution in [0.25, 0.3) is 0 Å². The molecule has 0 saturated heterocycles. The summed E-state index contributed by atoms with van der Waals surface area (Å²) >= 11 is 0. The largest absolute Gasteiger partial charge is 0.380 e. The smallest absolute Gasteiger partial charge is 0.312 e. The summed E-state index contributed by atoms with van der Waals surface area (Å²) in [5.41, 5.74) is 1.05. The molecule has 0 aliphatic carbocycles. The minimum Gasteiger partial charge on any atom is -0.380 e. The topological polar surface area (TPSA) is 113 Å². The second-order valence-corrected chi connectivity index (χ2v) is 9.53. The minimum absolute atomic E-state index is 0.191. The number of hydrogen-bond acceptors (Lipinski definition) is 8. The van der Waals surface area contributed by atoms with Crippen molar-refractivity contribution in [2.45, 2.75) is 25.7 Å². The first-order chi connectivity index (χ1) is 14.3. The van der Waals surface area contributed by atoms with E-state index in [-0.39, 0.29) is 23.0 Å². The third kappa shape index (κ3) is 7.60. The molecule has 0 spiro atoms. The fraction of sp³-hybridized carbons (Fsp3) is 0.300. The average molecular weight is 453 g/mol. The Hall–Kier alpha value is -2.72. The molecule has 2 heterocycles. The molecular weight excluding hydrogens is 428 g/mol. The second kappa shape index (κ2) is 10.9. The summed E-state index contributed by atoms with van der Waals surface area (Å²) in [5.74, 6) is -0.203. The molecule has 2 aromatic heterocycles. The molecule has 0 fully saturated rings. The number of rotatable bonds is 13. The molecule has 2 aromatic rings. The van der Waals surface area contributed by atoms with Crippen LogP contribution in [0, 0.1) is 0 Å². The highest BCUT2D eigenvalue weighted by molar-refractivity contribution is 7.87. The van der Waals surface area contributed by atoms with Crippen LogP contribution in [0.5, 0.6) is 11.5 Å². The van der Waals surface area contributed by atoms with Crippen LogP contribution in [0.3, 0.4) is 0 Å². The normalized spacial score (nSPS) is 11.6. The molecule has 0 radical (unpaired) electrons. The molecule has 10 heteroatoms. The molecule has 0 unspecified atom stereocenters. The van der Waals surface area contributed by atoms with Crippen LogP contribution in [-0.4, -0.2) is 38.3 Å². The van der Waals surface area contributed by atoms with Gasteiger partial charge in [-0.05, 0) is 49.9 Å². The zero-order chi connectivity index (χ0) is 22.0. The Morgan fingerprint density at radius 1 is 0.767 bits per heavy atom. The predicted molar refractivity (Wildman–Crippen MR) is 114 cm³/mol. The zero-order valence-corrected chi connectivity index (χ0v) is 18.1. The molecule has 8 nitrogen and oxygen atoms in total.